The molecule has 168 valence electrons. The Morgan fingerprint density at radius 3 is 2.06 bits per heavy atom. The normalized spacial score (nSPS) is 11.2. The first-order valence-corrected chi connectivity index (χ1v) is 12.2. The van der Waals surface area contributed by atoms with Gasteiger partial charge in [-0.3, -0.25) is 9.10 Å². The van der Waals surface area contributed by atoms with Crippen LogP contribution in [-0.2, 0) is 21.2 Å². The number of rotatable bonds is 8. The fourth-order valence-corrected chi connectivity index (χ4v) is 4.96. The van der Waals surface area contributed by atoms with Crippen molar-refractivity contribution in [2.75, 3.05) is 17.4 Å². The highest BCUT2D eigenvalue weighted by Crippen LogP contribution is 2.26. The van der Waals surface area contributed by atoms with E-state index in [9.17, 15) is 13.2 Å². The summed E-state index contributed by atoms with van der Waals surface area (Å²) in [5, 5.41) is 3.49. The number of hydrogen-bond acceptors (Lipinski definition) is 3. The summed E-state index contributed by atoms with van der Waals surface area (Å²) in [7, 11) is -3.92. The number of nitrogens with one attached hydrogen (secondary N) is 1. The molecule has 3 rings (SSSR count). The van der Waals surface area contributed by atoms with Crippen molar-refractivity contribution in [1.29, 1.82) is 0 Å². The van der Waals surface area contributed by atoms with E-state index in [4.69, 9.17) is 11.6 Å². The first-order chi connectivity index (χ1) is 15.1. The van der Waals surface area contributed by atoms with Crippen LogP contribution >= 0.6 is 11.6 Å². The molecule has 5 nitrogen and oxygen atoms in total. The summed E-state index contributed by atoms with van der Waals surface area (Å²) in [6.07, 6.45) is 0.622. The summed E-state index contributed by atoms with van der Waals surface area (Å²) in [5.41, 5.74) is 4.31. The van der Waals surface area contributed by atoms with E-state index in [0.29, 0.717) is 23.7 Å². The average Bonchev–Trinajstić information content (AvgIpc) is 2.73. The van der Waals surface area contributed by atoms with Gasteiger partial charge < -0.3 is 5.32 Å². The van der Waals surface area contributed by atoms with Gasteiger partial charge in [-0.05, 0) is 80.3 Å². The van der Waals surface area contributed by atoms with Gasteiger partial charge in [0.15, 0.2) is 0 Å². The smallest absolute Gasteiger partial charge is 0.264 e. The number of halogens is 1. The number of aryl methyl sites for hydroxylation is 3. The van der Waals surface area contributed by atoms with Gasteiger partial charge in [-0.1, -0.05) is 47.5 Å². The highest BCUT2D eigenvalue weighted by Gasteiger charge is 2.27. The Labute approximate surface area is 195 Å². The third kappa shape index (κ3) is 6.11. The lowest BCUT2D eigenvalue weighted by atomic mass is 10.1. The molecule has 3 aromatic carbocycles. The van der Waals surface area contributed by atoms with E-state index in [1.54, 1.807) is 48.5 Å². The summed E-state index contributed by atoms with van der Waals surface area (Å²) in [6, 6.07) is 19.6. The molecule has 3 aromatic rings. The van der Waals surface area contributed by atoms with Crippen molar-refractivity contribution in [3.8, 4) is 0 Å². The minimum Gasteiger partial charge on any atom is -0.354 e. The molecule has 0 spiro atoms. The van der Waals surface area contributed by atoms with Crippen molar-refractivity contribution in [1.82, 2.24) is 5.32 Å². The monoisotopic (exact) mass is 470 g/mol. The lowest BCUT2D eigenvalue weighted by Crippen LogP contribution is -2.41. The Bertz CT molecular complexity index is 1170. The quantitative estimate of drug-likeness (QED) is 0.513. The van der Waals surface area contributed by atoms with Gasteiger partial charge in [-0.15, -0.1) is 0 Å². The van der Waals surface area contributed by atoms with Gasteiger partial charge >= 0.3 is 0 Å². The van der Waals surface area contributed by atoms with E-state index in [1.165, 1.54) is 4.31 Å². The molecule has 0 aliphatic rings. The van der Waals surface area contributed by atoms with Crippen LogP contribution in [-0.4, -0.2) is 27.4 Å². The van der Waals surface area contributed by atoms with Crippen LogP contribution in [0.4, 0.5) is 5.69 Å². The van der Waals surface area contributed by atoms with E-state index in [1.807, 2.05) is 39.0 Å². The Kier molecular flexibility index (Phi) is 7.59. The van der Waals surface area contributed by atoms with Crippen molar-refractivity contribution in [3.63, 3.8) is 0 Å². The average molecular weight is 471 g/mol. The van der Waals surface area contributed by atoms with Gasteiger partial charge in [0.2, 0.25) is 5.91 Å². The number of sulfonamides is 1. The van der Waals surface area contributed by atoms with Crippen molar-refractivity contribution in [3.05, 3.63) is 94.0 Å². The summed E-state index contributed by atoms with van der Waals surface area (Å²) in [5.74, 6) is -0.367. The van der Waals surface area contributed by atoms with Crippen LogP contribution in [0.2, 0.25) is 5.02 Å². The van der Waals surface area contributed by atoms with Crippen LogP contribution in [0.25, 0.3) is 0 Å². The minimum absolute atomic E-state index is 0.149. The zero-order valence-corrected chi connectivity index (χ0v) is 20.0. The van der Waals surface area contributed by atoms with Gasteiger partial charge in [0.25, 0.3) is 10.0 Å². The number of hydrogen-bond donors (Lipinski definition) is 1. The molecule has 0 bridgehead atoms. The highest BCUT2D eigenvalue weighted by molar-refractivity contribution is 7.92. The number of benzene rings is 3. The molecular weight excluding hydrogens is 444 g/mol. The van der Waals surface area contributed by atoms with Crippen LogP contribution < -0.4 is 9.62 Å². The number of carbonyl (C=O) groups is 1. The first kappa shape index (κ1) is 23.8. The van der Waals surface area contributed by atoms with E-state index in [-0.39, 0.29) is 17.3 Å². The van der Waals surface area contributed by atoms with Crippen LogP contribution in [0.3, 0.4) is 0 Å². The molecule has 1 N–H and O–H groups in total. The summed E-state index contributed by atoms with van der Waals surface area (Å²) in [4.78, 5) is 12.9. The summed E-state index contributed by atoms with van der Waals surface area (Å²) in [6.45, 7) is 5.79. The molecule has 0 aliphatic heterocycles. The van der Waals surface area contributed by atoms with Crippen LogP contribution in [0, 0.1) is 20.8 Å². The molecule has 0 radical (unpaired) electrons. The lowest BCUT2D eigenvalue weighted by molar-refractivity contribution is -0.119. The van der Waals surface area contributed by atoms with Gasteiger partial charge in [0.05, 0.1) is 10.6 Å². The van der Waals surface area contributed by atoms with Crippen LogP contribution in [0.1, 0.15) is 22.3 Å². The second kappa shape index (κ2) is 10.2. The second-order valence-corrected chi connectivity index (χ2v) is 10.2. The molecule has 0 fully saturated rings. The largest absolute Gasteiger partial charge is 0.354 e. The lowest BCUT2D eigenvalue weighted by Gasteiger charge is -2.25. The third-order valence-corrected chi connectivity index (χ3v) is 7.08. The molecule has 7 heteroatoms. The molecule has 0 unspecified atom stereocenters. The van der Waals surface area contributed by atoms with Crippen molar-refractivity contribution >= 4 is 33.2 Å². The van der Waals surface area contributed by atoms with E-state index in [0.717, 1.165) is 22.3 Å². The molecule has 0 aliphatic carbocycles. The maximum Gasteiger partial charge on any atom is 0.264 e. The molecule has 32 heavy (non-hydrogen) atoms. The maximum absolute atomic E-state index is 13.5. The Morgan fingerprint density at radius 1 is 0.875 bits per heavy atom. The summed E-state index contributed by atoms with van der Waals surface area (Å²) < 4.78 is 28.1. The van der Waals surface area contributed by atoms with Gasteiger partial charge in [-0.2, -0.15) is 0 Å². The molecule has 0 saturated carbocycles. The number of nitrogens with zero attached hydrogens (tertiary/aromatic N) is 1. The SMILES string of the molecule is Cc1ccc(S(=O)(=O)N(CC(=O)NCCc2ccc(Cl)cc2)c2cc(C)cc(C)c2)cc1. The molecule has 0 heterocycles. The fourth-order valence-electron chi connectivity index (χ4n) is 3.43. The summed E-state index contributed by atoms with van der Waals surface area (Å²) >= 11 is 5.90. The zero-order valence-electron chi connectivity index (χ0n) is 18.4. The third-order valence-electron chi connectivity index (χ3n) is 5.04. The number of amides is 1. The Hall–Kier alpha value is -2.83. The second-order valence-electron chi connectivity index (χ2n) is 7.90. The molecule has 0 aromatic heterocycles. The molecule has 1 amide bonds. The van der Waals surface area contributed by atoms with E-state index in [2.05, 4.69) is 5.32 Å². The van der Waals surface area contributed by atoms with Gasteiger partial charge in [-0.25, -0.2) is 8.42 Å². The van der Waals surface area contributed by atoms with Crippen molar-refractivity contribution < 1.29 is 13.2 Å². The standard InChI is InChI=1S/C25H27ClN2O3S/c1-18-4-10-24(11-5-18)32(30,31)28(23-15-19(2)14-20(3)16-23)17-25(29)27-13-12-21-6-8-22(26)9-7-21/h4-11,14-16H,12-13,17H2,1-3H3,(H,27,29). The minimum atomic E-state index is -3.92. The molecular formula is C25H27ClN2O3S. The zero-order chi connectivity index (χ0) is 23.3. The van der Waals surface area contributed by atoms with Gasteiger partial charge in [0, 0.05) is 11.6 Å². The number of anilines is 1. The predicted octanol–water partition coefficient (Wildman–Crippen LogP) is 4.82. The van der Waals surface area contributed by atoms with Crippen LogP contribution in [0.5, 0.6) is 0 Å². The van der Waals surface area contributed by atoms with E-state index < -0.39 is 10.0 Å². The topological polar surface area (TPSA) is 66.5 Å². The Morgan fingerprint density at radius 2 is 1.47 bits per heavy atom. The molecule has 0 saturated heterocycles. The van der Waals surface area contributed by atoms with Crippen molar-refractivity contribution in [2.45, 2.75) is 32.1 Å². The number of carbonyl (C=O) groups excluding carboxylic acids is 1. The van der Waals surface area contributed by atoms with Crippen molar-refractivity contribution in [2.24, 2.45) is 0 Å². The fraction of sp³-hybridized carbons (Fsp3) is 0.240. The van der Waals surface area contributed by atoms with E-state index >= 15 is 0 Å². The van der Waals surface area contributed by atoms with Gasteiger partial charge in [0.1, 0.15) is 6.54 Å². The first-order valence-electron chi connectivity index (χ1n) is 10.3. The molecule has 0 atom stereocenters. The maximum atomic E-state index is 13.5. The Balaban J connectivity index is 1.81. The highest BCUT2D eigenvalue weighted by atomic mass is 35.5. The predicted molar refractivity (Wildman–Crippen MR) is 130 cm³/mol. The van der Waals surface area contributed by atoms with Crippen LogP contribution in [0.15, 0.2) is 71.6 Å².